The summed E-state index contributed by atoms with van der Waals surface area (Å²) in [7, 11) is 0. The third-order valence-electron chi connectivity index (χ3n) is 10.8. The van der Waals surface area contributed by atoms with Crippen LogP contribution in [-0.2, 0) is 0 Å². The first kappa shape index (κ1) is 29.6. The summed E-state index contributed by atoms with van der Waals surface area (Å²) >= 11 is 0. The summed E-state index contributed by atoms with van der Waals surface area (Å²) in [5, 5.41) is 12.5. The average molecular weight is 674 g/mol. The van der Waals surface area contributed by atoms with E-state index in [1.54, 1.807) is 0 Å². The molecule has 246 valence electrons. The van der Waals surface area contributed by atoms with Gasteiger partial charge in [0.2, 0.25) is 0 Å². The van der Waals surface area contributed by atoms with Crippen molar-refractivity contribution in [3.8, 4) is 39.6 Å². The highest BCUT2D eigenvalue weighted by atomic mass is 15.0. The molecule has 0 saturated heterocycles. The van der Waals surface area contributed by atoms with Gasteiger partial charge in [0.25, 0.3) is 0 Å². The van der Waals surface area contributed by atoms with Gasteiger partial charge in [-0.2, -0.15) is 0 Å². The first-order chi connectivity index (χ1) is 26.3. The molecule has 0 N–H and O–H groups in total. The first-order valence-corrected chi connectivity index (χ1v) is 18.1. The second kappa shape index (κ2) is 11.7. The molecular weight excluding hydrogens is 643 g/mol. The van der Waals surface area contributed by atoms with E-state index >= 15 is 0 Å². The van der Waals surface area contributed by atoms with Gasteiger partial charge in [0.05, 0.1) is 22.4 Å². The molecule has 0 amide bonds. The maximum absolute atomic E-state index is 5.18. The maximum atomic E-state index is 5.18. The van der Waals surface area contributed by atoms with E-state index in [0.717, 1.165) is 33.8 Å². The number of benzene rings is 9. The van der Waals surface area contributed by atoms with E-state index in [9.17, 15) is 0 Å². The van der Waals surface area contributed by atoms with E-state index in [1.807, 2.05) is 6.07 Å². The lowest BCUT2D eigenvalue weighted by Gasteiger charge is -2.14. The number of para-hydroxylation sites is 1. The van der Waals surface area contributed by atoms with Crippen molar-refractivity contribution in [3.05, 3.63) is 188 Å². The molecule has 3 nitrogen and oxygen atoms in total. The second-order valence-corrected chi connectivity index (χ2v) is 13.8. The van der Waals surface area contributed by atoms with Crippen LogP contribution in [0.25, 0.3) is 104 Å². The number of hydrogen-bond acceptors (Lipinski definition) is 2. The fraction of sp³-hybridized carbons (Fsp3) is 0. The Morgan fingerprint density at radius 3 is 1.72 bits per heavy atom. The van der Waals surface area contributed by atoms with Gasteiger partial charge in [0.1, 0.15) is 0 Å². The van der Waals surface area contributed by atoms with Crippen molar-refractivity contribution in [1.29, 1.82) is 0 Å². The minimum absolute atomic E-state index is 0.712. The topological polar surface area (TPSA) is 30.7 Å². The van der Waals surface area contributed by atoms with Gasteiger partial charge in [-0.3, -0.25) is 0 Å². The van der Waals surface area contributed by atoms with E-state index in [4.69, 9.17) is 9.97 Å². The van der Waals surface area contributed by atoms with E-state index in [1.165, 1.54) is 64.9 Å². The van der Waals surface area contributed by atoms with Gasteiger partial charge >= 0.3 is 0 Å². The zero-order valence-electron chi connectivity index (χ0n) is 28.7. The summed E-state index contributed by atoms with van der Waals surface area (Å²) in [4.78, 5) is 10.3. The Morgan fingerprint density at radius 1 is 0.340 bits per heavy atom. The molecule has 0 bridgehead atoms. The molecule has 3 heteroatoms. The predicted octanol–water partition coefficient (Wildman–Crippen LogP) is 13.2. The predicted molar refractivity (Wildman–Crippen MR) is 223 cm³/mol. The van der Waals surface area contributed by atoms with Crippen LogP contribution in [0, 0.1) is 0 Å². The second-order valence-electron chi connectivity index (χ2n) is 13.8. The van der Waals surface area contributed by atoms with Crippen molar-refractivity contribution in [1.82, 2.24) is 14.5 Å². The van der Waals surface area contributed by atoms with E-state index < -0.39 is 0 Å². The molecule has 2 aromatic heterocycles. The minimum Gasteiger partial charge on any atom is -0.309 e. The monoisotopic (exact) mass is 673 g/mol. The SMILES string of the molecule is c1ccc(-c2cc(-c3ccc(-n4c5ccccc5c5c6c7ccccc7ccc6c6ccccc6c54)cc3)nc(-c3ccc4ccccc4c3)n2)cc1. The normalized spacial score (nSPS) is 11.8. The molecular formula is C50H31N3. The van der Waals surface area contributed by atoms with Crippen molar-refractivity contribution in [3.63, 3.8) is 0 Å². The Bertz CT molecular complexity index is 3210. The van der Waals surface area contributed by atoms with Crippen molar-refractivity contribution < 1.29 is 0 Å². The van der Waals surface area contributed by atoms with Gasteiger partial charge in [0.15, 0.2) is 5.82 Å². The number of fused-ring (bicyclic) bond motifs is 11. The third-order valence-corrected chi connectivity index (χ3v) is 10.8. The molecule has 0 saturated carbocycles. The van der Waals surface area contributed by atoms with E-state index in [0.29, 0.717) is 5.82 Å². The molecule has 9 aromatic carbocycles. The number of hydrogen-bond donors (Lipinski definition) is 0. The first-order valence-electron chi connectivity index (χ1n) is 18.1. The smallest absolute Gasteiger partial charge is 0.160 e. The Labute approximate surface area is 306 Å². The Hall–Kier alpha value is -7.10. The molecule has 0 radical (unpaired) electrons. The van der Waals surface area contributed by atoms with Gasteiger partial charge < -0.3 is 4.57 Å². The summed E-state index contributed by atoms with van der Waals surface area (Å²) in [5.74, 6) is 0.712. The van der Waals surface area contributed by atoms with Crippen LogP contribution in [0.15, 0.2) is 188 Å². The molecule has 0 unspecified atom stereocenters. The highest BCUT2D eigenvalue weighted by Gasteiger charge is 2.20. The van der Waals surface area contributed by atoms with Crippen molar-refractivity contribution >= 4 is 64.9 Å². The molecule has 0 atom stereocenters. The van der Waals surface area contributed by atoms with E-state index in [2.05, 4.69) is 187 Å². The fourth-order valence-corrected chi connectivity index (χ4v) is 8.30. The van der Waals surface area contributed by atoms with Crippen LogP contribution in [0.4, 0.5) is 0 Å². The lowest BCUT2D eigenvalue weighted by molar-refractivity contribution is 1.17. The van der Waals surface area contributed by atoms with Gasteiger partial charge in [-0.1, -0.05) is 158 Å². The van der Waals surface area contributed by atoms with Crippen LogP contribution < -0.4 is 0 Å². The van der Waals surface area contributed by atoms with Crippen molar-refractivity contribution in [2.45, 2.75) is 0 Å². The lowest BCUT2D eigenvalue weighted by Crippen LogP contribution is -1.97. The van der Waals surface area contributed by atoms with Crippen LogP contribution >= 0.6 is 0 Å². The van der Waals surface area contributed by atoms with Crippen LogP contribution in [0.2, 0.25) is 0 Å². The molecule has 53 heavy (non-hydrogen) atoms. The average Bonchev–Trinajstić information content (AvgIpc) is 3.59. The van der Waals surface area contributed by atoms with Crippen LogP contribution in [-0.4, -0.2) is 14.5 Å². The van der Waals surface area contributed by atoms with E-state index in [-0.39, 0.29) is 0 Å². The summed E-state index contributed by atoms with van der Waals surface area (Å²) in [6.45, 7) is 0. The Morgan fingerprint density at radius 2 is 0.925 bits per heavy atom. The largest absolute Gasteiger partial charge is 0.309 e. The molecule has 0 fully saturated rings. The summed E-state index contributed by atoms with van der Waals surface area (Å²) in [6, 6.07) is 67.3. The van der Waals surface area contributed by atoms with Gasteiger partial charge in [-0.25, -0.2) is 9.97 Å². The highest BCUT2D eigenvalue weighted by molar-refractivity contribution is 6.36. The quantitative estimate of drug-likeness (QED) is 0.174. The summed E-state index contributed by atoms with van der Waals surface area (Å²) < 4.78 is 2.45. The van der Waals surface area contributed by atoms with Gasteiger partial charge in [0, 0.05) is 43.9 Å². The molecule has 11 aromatic rings. The fourth-order valence-electron chi connectivity index (χ4n) is 8.30. The minimum atomic E-state index is 0.712. The number of rotatable bonds is 4. The zero-order chi connectivity index (χ0) is 34.9. The molecule has 0 aliphatic carbocycles. The van der Waals surface area contributed by atoms with Crippen LogP contribution in [0.5, 0.6) is 0 Å². The van der Waals surface area contributed by atoms with Crippen LogP contribution in [0.1, 0.15) is 0 Å². The Kier molecular flexibility index (Phi) is 6.55. The third kappa shape index (κ3) is 4.68. The number of nitrogens with zero attached hydrogens (tertiary/aromatic N) is 3. The Balaban J connectivity index is 1.13. The standard InChI is InChI=1S/C50H31N3/c1-2-14-34(15-3-1)44-31-45(52-50(51-44)37-23-22-32-12-4-5-16-36(32)30-37)35-24-27-38(28-25-35)53-46-21-11-10-20-43(46)48-47-39-17-7-6-13-33(39)26-29-41(47)40-18-8-9-19-42(40)49(48)53/h1-31H. The van der Waals surface area contributed by atoms with Gasteiger partial charge in [-0.15, -0.1) is 0 Å². The summed E-state index contributed by atoms with van der Waals surface area (Å²) in [5.41, 5.74) is 8.41. The summed E-state index contributed by atoms with van der Waals surface area (Å²) in [6.07, 6.45) is 0. The van der Waals surface area contributed by atoms with Crippen molar-refractivity contribution in [2.75, 3.05) is 0 Å². The molecule has 0 aliphatic heterocycles. The molecule has 2 heterocycles. The zero-order valence-corrected chi connectivity index (χ0v) is 28.7. The maximum Gasteiger partial charge on any atom is 0.160 e. The molecule has 0 aliphatic rings. The molecule has 0 spiro atoms. The number of aromatic nitrogens is 3. The van der Waals surface area contributed by atoms with Gasteiger partial charge in [-0.05, 0) is 62.6 Å². The molecule has 11 rings (SSSR count). The lowest BCUT2D eigenvalue weighted by atomic mass is 9.93. The highest BCUT2D eigenvalue weighted by Crippen LogP contribution is 2.44. The van der Waals surface area contributed by atoms with Crippen LogP contribution in [0.3, 0.4) is 0 Å². The van der Waals surface area contributed by atoms with Crippen molar-refractivity contribution in [2.24, 2.45) is 0 Å².